The lowest BCUT2D eigenvalue weighted by Crippen LogP contribution is -2.34. The number of para-hydroxylation sites is 1. The van der Waals surface area contributed by atoms with Crippen LogP contribution in [-0.2, 0) is 22.6 Å². The average molecular weight is 420 g/mol. The number of aryl methyl sites for hydroxylation is 1. The number of aromatic nitrogens is 1. The van der Waals surface area contributed by atoms with Crippen LogP contribution in [0.1, 0.15) is 48.7 Å². The maximum absolute atomic E-state index is 12.6. The molecule has 2 atom stereocenters. The van der Waals surface area contributed by atoms with Gasteiger partial charge in [-0.2, -0.15) is 0 Å². The smallest absolute Gasteiger partial charge is 0.325 e. The highest BCUT2D eigenvalue weighted by molar-refractivity contribution is 6.04. The summed E-state index contributed by atoms with van der Waals surface area (Å²) in [6, 6.07) is 10.4. The summed E-state index contributed by atoms with van der Waals surface area (Å²) in [5.74, 6) is 0.0844. The summed E-state index contributed by atoms with van der Waals surface area (Å²) in [6.07, 6.45) is 4.81. The van der Waals surface area contributed by atoms with E-state index in [4.69, 9.17) is 4.42 Å². The van der Waals surface area contributed by atoms with E-state index in [0.717, 1.165) is 35.4 Å². The van der Waals surface area contributed by atoms with Gasteiger partial charge in [-0.25, -0.2) is 4.79 Å². The first kappa shape index (κ1) is 19.4. The molecule has 8 heteroatoms. The fourth-order valence-corrected chi connectivity index (χ4v) is 4.58. The van der Waals surface area contributed by atoms with Gasteiger partial charge in [0.05, 0.1) is 18.8 Å². The van der Waals surface area contributed by atoms with Gasteiger partial charge in [0.25, 0.3) is 5.91 Å². The van der Waals surface area contributed by atoms with E-state index in [1.807, 2.05) is 12.1 Å². The number of carbonyl (C=O) groups excluding carboxylic acids is 3. The molecule has 2 aliphatic rings. The Kier molecular flexibility index (Phi) is 4.97. The predicted octanol–water partition coefficient (Wildman–Crippen LogP) is 3.16. The first-order valence-electron chi connectivity index (χ1n) is 10.6. The van der Waals surface area contributed by atoms with Crippen molar-refractivity contribution < 1.29 is 18.8 Å². The van der Waals surface area contributed by atoms with Crippen molar-refractivity contribution in [2.24, 2.45) is 0 Å². The van der Waals surface area contributed by atoms with Crippen molar-refractivity contribution >= 4 is 28.7 Å². The zero-order valence-corrected chi connectivity index (χ0v) is 17.0. The van der Waals surface area contributed by atoms with Gasteiger partial charge >= 0.3 is 6.03 Å². The Hall–Kier alpha value is -3.55. The van der Waals surface area contributed by atoms with Gasteiger partial charge in [-0.15, -0.1) is 0 Å². The van der Waals surface area contributed by atoms with Gasteiger partial charge in [0.15, 0.2) is 0 Å². The molecule has 3 N–H and O–H groups in total. The summed E-state index contributed by atoms with van der Waals surface area (Å²) in [7, 11) is 0. The molecule has 8 nitrogen and oxygen atoms in total. The van der Waals surface area contributed by atoms with Crippen LogP contribution in [0.2, 0.25) is 0 Å². The monoisotopic (exact) mass is 420 g/mol. The summed E-state index contributed by atoms with van der Waals surface area (Å²) in [5.41, 5.74) is 3.44. The molecule has 1 fully saturated rings. The number of carbonyl (C=O) groups is 3. The number of aromatic amines is 1. The number of rotatable bonds is 6. The van der Waals surface area contributed by atoms with Crippen molar-refractivity contribution in [3.63, 3.8) is 0 Å². The van der Waals surface area contributed by atoms with E-state index in [1.165, 1.54) is 17.2 Å². The molecule has 3 aromatic rings. The van der Waals surface area contributed by atoms with Crippen LogP contribution < -0.4 is 10.6 Å². The average Bonchev–Trinajstić information content (AvgIpc) is 3.48. The fraction of sp³-hybridized carbons (Fsp3) is 0.348. The van der Waals surface area contributed by atoms with Gasteiger partial charge in [0.1, 0.15) is 11.8 Å². The predicted molar refractivity (Wildman–Crippen MR) is 113 cm³/mol. The van der Waals surface area contributed by atoms with E-state index in [9.17, 15) is 14.4 Å². The number of furan rings is 1. The molecule has 0 spiro atoms. The largest absolute Gasteiger partial charge is 0.467 e. The van der Waals surface area contributed by atoms with Gasteiger partial charge in [-0.1, -0.05) is 18.2 Å². The van der Waals surface area contributed by atoms with E-state index in [-0.39, 0.29) is 37.2 Å². The van der Waals surface area contributed by atoms with Crippen molar-refractivity contribution in [3.05, 3.63) is 59.7 Å². The molecular formula is C23H24N4O4. The van der Waals surface area contributed by atoms with E-state index < -0.39 is 12.1 Å². The zero-order chi connectivity index (χ0) is 21.4. The molecule has 1 aliphatic carbocycles. The van der Waals surface area contributed by atoms with E-state index in [0.29, 0.717) is 5.76 Å². The molecule has 2 aromatic heterocycles. The standard InChI is InChI=1S/C23H24N4O4/c28-20(11-10-19-22(29)27(23(30)26-19)13-14-5-4-12-31-14)24-18-9-3-7-16-15-6-1-2-8-17(15)25-21(16)18/h1-2,4-6,8,12,18-19,25H,3,7,9-11,13H2,(H,24,28)(H,26,30)/t18-,19+/m1/s1. The quantitative estimate of drug-likeness (QED) is 0.533. The highest BCUT2D eigenvalue weighted by atomic mass is 16.3. The fourth-order valence-electron chi connectivity index (χ4n) is 4.58. The van der Waals surface area contributed by atoms with Crippen LogP contribution in [-0.4, -0.2) is 33.8 Å². The zero-order valence-electron chi connectivity index (χ0n) is 17.0. The first-order valence-corrected chi connectivity index (χ1v) is 10.6. The second-order valence-corrected chi connectivity index (χ2v) is 8.12. The van der Waals surface area contributed by atoms with E-state index in [2.05, 4.69) is 27.8 Å². The maximum atomic E-state index is 12.6. The van der Waals surface area contributed by atoms with Crippen LogP contribution in [0, 0.1) is 0 Å². The van der Waals surface area contributed by atoms with E-state index >= 15 is 0 Å². The lowest BCUT2D eigenvalue weighted by atomic mass is 9.91. The Morgan fingerprint density at radius 1 is 1.19 bits per heavy atom. The van der Waals surface area contributed by atoms with Gasteiger partial charge in [0, 0.05) is 23.0 Å². The second kappa shape index (κ2) is 7.94. The minimum Gasteiger partial charge on any atom is -0.467 e. The Balaban J connectivity index is 1.19. The molecule has 0 saturated carbocycles. The number of nitrogens with one attached hydrogen (secondary N) is 3. The van der Waals surface area contributed by atoms with Crippen LogP contribution in [0.15, 0.2) is 47.1 Å². The number of hydrogen-bond donors (Lipinski definition) is 3. The number of benzene rings is 1. The van der Waals surface area contributed by atoms with Crippen LogP contribution in [0.4, 0.5) is 4.79 Å². The van der Waals surface area contributed by atoms with Crippen LogP contribution in [0.5, 0.6) is 0 Å². The second-order valence-electron chi connectivity index (χ2n) is 8.12. The topological polar surface area (TPSA) is 107 Å². The van der Waals surface area contributed by atoms with Crippen molar-refractivity contribution in [2.45, 2.75) is 50.7 Å². The number of imide groups is 1. The Bertz CT molecular complexity index is 1130. The lowest BCUT2D eigenvalue weighted by molar-refractivity contribution is -0.128. The highest BCUT2D eigenvalue weighted by Crippen LogP contribution is 2.34. The molecule has 5 rings (SSSR count). The Morgan fingerprint density at radius 3 is 2.90 bits per heavy atom. The number of urea groups is 1. The number of fused-ring (bicyclic) bond motifs is 3. The molecule has 1 saturated heterocycles. The summed E-state index contributed by atoms with van der Waals surface area (Å²) in [6.45, 7) is 0.0889. The van der Waals surface area contributed by atoms with Gasteiger partial charge in [0.2, 0.25) is 5.91 Å². The summed E-state index contributed by atoms with van der Waals surface area (Å²) in [5, 5.41) is 6.99. The summed E-state index contributed by atoms with van der Waals surface area (Å²) < 4.78 is 5.22. The summed E-state index contributed by atoms with van der Waals surface area (Å²) >= 11 is 0. The van der Waals surface area contributed by atoms with Crippen molar-refractivity contribution in [1.29, 1.82) is 0 Å². The molecule has 31 heavy (non-hydrogen) atoms. The Morgan fingerprint density at radius 2 is 2.06 bits per heavy atom. The van der Waals surface area contributed by atoms with Crippen LogP contribution in [0.3, 0.4) is 0 Å². The highest BCUT2D eigenvalue weighted by Gasteiger charge is 2.38. The third kappa shape index (κ3) is 3.69. The molecule has 0 unspecified atom stereocenters. The molecule has 3 heterocycles. The van der Waals surface area contributed by atoms with E-state index in [1.54, 1.807) is 12.1 Å². The molecular weight excluding hydrogens is 396 g/mol. The first-order chi connectivity index (χ1) is 15.1. The minimum absolute atomic E-state index is 0.0621. The number of H-pyrrole nitrogens is 1. The number of nitrogens with zero attached hydrogens (tertiary/aromatic N) is 1. The minimum atomic E-state index is -0.691. The van der Waals surface area contributed by atoms with Crippen molar-refractivity contribution in [2.75, 3.05) is 0 Å². The van der Waals surface area contributed by atoms with Crippen LogP contribution in [0.25, 0.3) is 10.9 Å². The van der Waals surface area contributed by atoms with Gasteiger partial charge in [-0.3, -0.25) is 14.5 Å². The summed E-state index contributed by atoms with van der Waals surface area (Å²) in [4.78, 5) is 42.0. The van der Waals surface area contributed by atoms with Gasteiger partial charge in [-0.05, 0) is 49.4 Å². The van der Waals surface area contributed by atoms with Crippen molar-refractivity contribution in [3.8, 4) is 0 Å². The molecule has 0 bridgehead atoms. The number of amides is 4. The molecule has 0 radical (unpaired) electrons. The Labute approximate surface area is 179 Å². The third-order valence-electron chi connectivity index (χ3n) is 6.11. The number of hydrogen-bond acceptors (Lipinski definition) is 4. The van der Waals surface area contributed by atoms with Crippen LogP contribution >= 0.6 is 0 Å². The third-order valence-corrected chi connectivity index (χ3v) is 6.11. The molecule has 1 aromatic carbocycles. The maximum Gasteiger partial charge on any atom is 0.325 e. The lowest BCUT2D eigenvalue weighted by Gasteiger charge is -2.24. The molecule has 4 amide bonds. The molecule has 1 aliphatic heterocycles. The SMILES string of the molecule is O=C(CC[C@@H]1NC(=O)N(Cc2ccco2)C1=O)N[C@@H]1CCCc2c1[nH]c1ccccc21. The van der Waals surface area contributed by atoms with Gasteiger partial charge < -0.3 is 20.0 Å². The van der Waals surface area contributed by atoms with Crippen molar-refractivity contribution in [1.82, 2.24) is 20.5 Å². The normalized spacial score (nSPS) is 20.7. The molecule has 160 valence electrons.